The summed E-state index contributed by atoms with van der Waals surface area (Å²) in [6.45, 7) is 7.48. The molecule has 0 saturated carbocycles. The van der Waals surface area contributed by atoms with E-state index in [-0.39, 0.29) is 11.8 Å². The van der Waals surface area contributed by atoms with Gasteiger partial charge in [-0.15, -0.1) is 0 Å². The molecule has 0 radical (unpaired) electrons. The van der Waals surface area contributed by atoms with Crippen molar-refractivity contribution < 1.29 is 14.3 Å². The molecule has 0 bridgehead atoms. The molecule has 0 aliphatic carbocycles. The number of fused-ring (bicyclic) bond motifs is 1. The van der Waals surface area contributed by atoms with Crippen LogP contribution in [0, 0.1) is 0 Å². The van der Waals surface area contributed by atoms with E-state index >= 15 is 0 Å². The molecule has 0 spiro atoms. The predicted octanol–water partition coefficient (Wildman–Crippen LogP) is 1.96. The summed E-state index contributed by atoms with van der Waals surface area (Å²) in [7, 11) is 0. The molecule has 1 N–H and O–H groups in total. The number of unbranched alkanes of at least 4 members (excludes halogenated alkanes) is 2. The summed E-state index contributed by atoms with van der Waals surface area (Å²) in [4.78, 5) is 27.6. The Morgan fingerprint density at radius 1 is 1.11 bits per heavy atom. The van der Waals surface area contributed by atoms with Crippen LogP contribution in [-0.4, -0.2) is 60.9 Å². The first kappa shape index (κ1) is 19.7. The molecule has 27 heavy (non-hydrogen) atoms. The van der Waals surface area contributed by atoms with E-state index in [1.54, 1.807) is 0 Å². The molecule has 3 rings (SSSR count). The van der Waals surface area contributed by atoms with Gasteiger partial charge in [-0.1, -0.05) is 18.6 Å². The molecule has 6 heteroatoms. The fourth-order valence-electron chi connectivity index (χ4n) is 3.75. The minimum atomic E-state index is 0.0113. The van der Waals surface area contributed by atoms with E-state index in [2.05, 4.69) is 28.4 Å². The van der Waals surface area contributed by atoms with Gasteiger partial charge in [-0.2, -0.15) is 0 Å². The number of nitrogens with zero attached hydrogens (tertiary/aromatic N) is 2. The van der Waals surface area contributed by atoms with Crippen molar-refractivity contribution >= 4 is 11.8 Å². The van der Waals surface area contributed by atoms with Gasteiger partial charge in [0.15, 0.2) is 0 Å². The molecule has 148 valence electrons. The van der Waals surface area contributed by atoms with E-state index in [0.717, 1.165) is 70.8 Å². The zero-order valence-electron chi connectivity index (χ0n) is 16.3. The van der Waals surface area contributed by atoms with Crippen LogP contribution in [0.3, 0.4) is 0 Å². The lowest BCUT2D eigenvalue weighted by Gasteiger charge is -2.35. The Morgan fingerprint density at radius 3 is 2.70 bits per heavy atom. The SMILES string of the molecule is CC(=O)NCCCCCC(=O)N1CCN(Cc2ccc3c(c2)CCO3)CC1. The number of rotatable bonds is 8. The maximum Gasteiger partial charge on any atom is 0.222 e. The van der Waals surface area contributed by atoms with Crippen LogP contribution in [-0.2, 0) is 22.6 Å². The Labute approximate surface area is 161 Å². The van der Waals surface area contributed by atoms with Gasteiger partial charge in [0.25, 0.3) is 0 Å². The normalized spacial score (nSPS) is 16.7. The number of benzene rings is 1. The summed E-state index contributed by atoms with van der Waals surface area (Å²) >= 11 is 0. The standard InChI is InChI=1S/C21H31N3O3/c1-17(25)22-9-4-2-3-5-21(26)24-12-10-23(11-13-24)16-18-6-7-20-19(15-18)8-14-27-20/h6-7,15H,2-5,8-14,16H2,1H3,(H,22,25). The summed E-state index contributed by atoms with van der Waals surface area (Å²) < 4.78 is 5.57. The fourth-order valence-corrected chi connectivity index (χ4v) is 3.75. The van der Waals surface area contributed by atoms with E-state index in [9.17, 15) is 9.59 Å². The largest absolute Gasteiger partial charge is 0.493 e. The minimum Gasteiger partial charge on any atom is -0.493 e. The lowest BCUT2D eigenvalue weighted by Crippen LogP contribution is -2.48. The van der Waals surface area contributed by atoms with Crippen molar-refractivity contribution in [2.75, 3.05) is 39.3 Å². The zero-order chi connectivity index (χ0) is 19.1. The highest BCUT2D eigenvalue weighted by atomic mass is 16.5. The van der Waals surface area contributed by atoms with Crippen LogP contribution in [0.15, 0.2) is 18.2 Å². The van der Waals surface area contributed by atoms with Gasteiger partial charge in [-0.25, -0.2) is 0 Å². The highest BCUT2D eigenvalue weighted by molar-refractivity contribution is 5.76. The number of carbonyl (C=O) groups is 2. The van der Waals surface area contributed by atoms with Crippen molar-refractivity contribution in [3.63, 3.8) is 0 Å². The summed E-state index contributed by atoms with van der Waals surface area (Å²) in [5.41, 5.74) is 2.65. The monoisotopic (exact) mass is 373 g/mol. The second-order valence-corrected chi connectivity index (χ2v) is 7.49. The average molecular weight is 373 g/mol. The van der Waals surface area contributed by atoms with E-state index in [0.29, 0.717) is 13.0 Å². The number of ether oxygens (including phenoxy) is 1. The molecule has 0 aromatic heterocycles. The Kier molecular flexibility index (Phi) is 7.10. The Morgan fingerprint density at radius 2 is 1.93 bits per heavy atom. The molecule has 2 amide bonds. The van der Waals surface area contributed by atoms with Crippen molar-refractivity contribution in [2.24, 2.45) is 0 Å². The molecule has 1 saturated heterocycles. The lowest BCUT2D eigenvalue weighted by molar-refractivity contribution is -0.133. The van der Waals surface area contributed by atoms with Crippen molar-refractivity contribution in [3.05, 3.63) is 29.3 Å². The molecular weight excluding hydrogens is 342 g/mol. The first-order chi connectivity index (χ1) is 13.1. The minimum absolute atomic E-state index is 0.0113. The molecule has 2 aliphatic heterocycles. The molecule has 6 nitrogen and oxygen atoms in total. The summed E-state index contributed by atoms with van der Waals surface area (Å²) in [5.74, 6) is 1.31. The summed E-state index contributed by atoms with van der Waals surface area (Å²) in [6, 6.07) is 6.51. The van der Waals surface area contributed by atoms with Crippen LogP contribution in [0.5, 0.6) is 5.75 Å². The van der Waals surface area contributed by atoms with Gasteiger partial charge in [-0.05, 0) is 30.0 Å². The molecular formula is C21H31N3O3. The number of carbonyl (C=O) groups excluding carboxylic acids is 2. The van der Waals surface area contributed by atoms with Crippen LogP contribution >= 0.6 is 0 Å². The van der Waals surface area contributed by atoms with E-state index in [4.69, 9.17) is 4.74 Å². The Balaban J connectivity index is 1.32. The molecule has 0 atom stereocenters. The summed E-state index contributed by atoms with van der Waals surface area (Å²) in [5, 5.41) is 2.79. The highest BCUT2D eigenvalue weighted by Crippen LogP contribution is 2.26. The van der Waals surface area contributed by atoms with E-state index in [1.807, 2.05) is 4.90 Å². The molecule has 2 aliphatic rings. The van der Waals surface area contributed by atoms with Gasteiger partial charge < -0.3 is 15.0 Å². The molecule has 1 fully saturated rings. The van der Waals surface area contributed by atoms with Crippen LogP contribution < -0.4 is 10.1 Å². The third kappa shape index (κ3) is 5.96. The smallest absolute Gasteiger partial charge is 0.222 e. The first-order valence-corrected chi connectivity index (χ1v) is 10.1. The van der Waals surface area contributed by atoms with Crippen molar-refractivity contribution in [3.8, 4) is 5.75 Å². The zero-order valence-corrected chi connectivity index (χ0v) is 16.3. The molecule has 2 heterocycles. The second kappa shape index (κ2) is 9.74. The van der Waals surface area contributed by atoms with Crippen molar-refractivity contribution in [1.82, 2.24) is 15.1 Å². The molecule has 0 unspecified atom stereocenters. The lowest BCUT2D eigenvalue weighted by atomic mass is 10.1. The Hall–Kier alpha value is -2.08. The topological polar surface area (TPSA) is 61.9 Å². The number of nitrogens with one attached hydrogen (secondary N) is 1. The van der Waals surface area contributed by atoms with Gasteiger partial charge in [0.1, 0.15) is 5.75 Å². The number of amides is 2. The molecule has 1 aromatic carbocycles. The average Bonchev–Trinajstić information content (AvgIpc) is 3.12. The first-order valence-electron chi connectivity index (χ1n) is 10.1. The van der Waals surface area contributed by atoms with Crippen LogP contribution in [0.4, 0.5) is 0 Å². The highest BCUT2D eigenvalue weighted by Gasteiger charge is 2.21. The summed E-state index contributed by atoms with van der Waals surface area (Å²) in [6.07, 6.45) is 4.44. The predicted molar refractivity (Wildman–Crippen MR) is 105 cm³/mol. The number of hydrogen-bond donors (Lipinski definition) is 1. The van der Waals surface area contributed by atoms with Crippen LogP contribution in [0.2, 0.25) is 0 Å². The number of piperazine rings is 1. The van der Waals surface area contributed by atoms with Gasteiger partial charge in [-0.3, -0.25) is 14.5 Å². The number of hydrogen-bond acceptors (Lipinski definition) is 4. The fraction of sp³-hybridized carbons (Fsp3) is 0.619. The van der Waals surface area contributed by atoms with Crippen LogP contribution in [0.25, 0.3) is 0 Å². The van der Waals surface area contributed by atoms with Crippen molar-refractivity contribution in [2.45, 2.75) is 45.6 Å². The van der Waals surface area contributed by atoms with Gasteiger partial charge >= 0.3 is 0 Å². The van der Waals surface area contributed by atoms with Crippen molar-refractivity contribution in [1.29, 1.82) is 0 Å². The van der Waals surface area contributed by atoms with Crippen LogP contribution in [0.1, 0.15) is 43.7 Å². The third-order valence-corrected chi connectivity index (χ3v) is 5.33. The van der Waals surface area contributed by atoms with E-state index < -0.39 is 0 Å². The van der Waals surface area contributed by atoms with Gasteiger partial charge in [0.05, 0.1) is 6.61 Å². The van der Waals surface area contributed by atoms with E-state index in [1.165, 1.54) is 18.1 Å². The maximum atomic E-state index is 12.4. The maximum absolute atomic E-state index is 12.4. The second-order valence-electron chi connectivity index (χ2n) is 7.49. The quantitative estimate of drug-likeness (QED) is 0.708. The van der Waals surface area contributed by atoms with Gasteiger partial charge in [0.2, 0.25) is 11.8 Å². The van der Waals surface area contributed by atoms with Gasteiger partial charge in [0, 0.05) is 59.0 Å². The third-order valence-electron chi connectivity index (χ3n) is 5.33. The Bertz CT molecular complexity index is 654. The molecule has 1 aromatic rings.